The van der Waals surface area contributed by atoms with Crippen LogP contribution in [0.15, 0.2) is 156 Å². The third-order valence-electron chi connectivity index (χ3n) is 17.8. The number of rotatable bonds is 8. The molecular formula is C74H36N4O2S12. The van der Waals surface area contributed by atoms with Gasteiger partial charge >= 0.3 is 0 Å². The summed E-state index contributed by atoms with van der Waals surface area (Å²) in [7, 11) is 0. The fraction of sp³-hybridized carbons (Fsp3) is 0.0811. The Morgan fingerprint density at radius 3 is 1.03 bits per heavy atom. The van der Waals surface area contributed by atoms with E-state index in [2.05, 4.69) is 125 Å². The summed E-state index contributed by atoms with van der Waals surface area (Å²) in [5.41, 5.74) is 7.97. The van der Waals surface area contributed by atoms with Gasteiger partial charge in [0.25, 0.3) is 0 Å². The lowest BCUT2D eigenvalue weighted by Gasteiger charge is -2.30. The summed E-state index contributed by atoms with van der Waals surface area (Å²) >= 11 is 22.4. The fourth-order valence-corrected chi connectivity index (χ4v) is 29.5. The minimum Gasteiger partial charge on any atom is -0.289 e. The van der Waals surface area contributed by atoms with Crippen molar-refractivity contribution in [2.24, 2.45) is 0 Å². The van der Waals surface area contributed by atoms with E-state index in [0.717, 1.165) is 29.3 Å². The minimum atomic E-state index is -0.601. The van der Waals surface area contributed by atoms with Crippen LogP contribution in [0.2, 0.25) is 0 Å². The quantitative estimate of drug-likeness (QED) is 0.110. The van der Waals surface area contributed by atoms with Crippen LogP contribution in [0.4, 0.5) is 0 Å². The molecule has 0 amide bonds. The van der Waals surface area contributed by atoms with Crippen molar-refractivity contribution >= 4 is 199 Å². The molecule has 0 unspecified atom stereocenters. The number of allylic oxidation sites excluding steroid dienone is 6. The number of aryl methyl sites for hydroxylation is 4. The van der Waals surface area contributed by atoms with Gasteiger partial charge in [-0.1, -0.05) is 48.5 Å². The van der Waals surface area contributed by atoms with Crippen molar-refractivity contribution in [3.05, 3.63) is 249 Å². The van der Waals surface area contributed by atoms with Gasteiger partial charge in [0, 0.05) is 133 Å². The molecule has 12 aromatic heterocycles. The van der Waals surface area contributed by atoms with Gasteiger partial charge in [-0.05, 0) is 136 Å². The predicted octanol–water partition coefficient (Wildman–Crippen LogP) is 23.3. The number of carbonyl (C=O) groups excluding carboxylic acids is 2. The maximum Gasteiger partial charge on any atom is 0.194 e. The molecule has 12 heterocycles. The molecule has 4 aliphatic carbocycles. The van der Waals surface area contributed by atoms with Crippen LogP contribution in [0.5, 0.6) is 0 Å². The van der Waals surface area contributed by atoms with Crippen molar-refractivity contribution in [1.29, 1.82) is 21.0 Å². The molecule has 0 aliphatic heterocycles. The third-order valence-corrected chi connectivity index (χ3v) is 32.4. The van der Waals surface area contributed by atoms with E-state index in [0.29, 0.717) is 44.5 Å². The summed E-state index contributed by atoms with van der Waals surface area (Å²) < 4.78 is 7.80. The first-order chi connectivity index (χ1) is 44.8. The van der Waals surface area contributed by atoms with E-state index in [-0.39, 0.29) is 22.7 Å². The standard InChI is InChI=1S/C74H36N4O2S12/c1-33-13-21-53(81-33)73(54-22-14-34(2)82-54)59-65-51(27-49(87-65)47-19-17-39(85-47)25-45-57(37(29-75)30-76)41-9-5-7-11-43(41)63(45)79)89-67(59)69-61(73)71-72(91-69)62-70(92-71)68-60(74(62,55-23-15-35(3)83-55)56-24-16-36(4)84-56)66-52(90-68)28-50(88-66)48-20-18-40(86-48)26-46-58(38(31-77)32-78)42-10-6-8-12-44(42)64(46)80/h5-28H,1-4H3. The molecule has 14 aromatic rings. The van der Waals surface area contributed by atoms with Crippen LogP contribution in [-0.2, 0) is 10.8 Å². The third kappa shape index (κ3) is 7.69. The number of nitrogens with zero attached hydrogens (tertiary/aromatic N) is 4. The molecule has 18 heteroatoms. The van der Waals surface area contributed by atoms with Gasteiger partial charge < -0.3 is 0 Å². The van der Waals surface area contributed by atoms with Crippen LogP contribution < -0.4 is 0 Å². The van der Waals surface area contributed by atoms with Gasteiger partial charge in [0.2, 0.25) is 0 Å². The highest BCUT2D eigenvalue weighted by molar-refractivity contribution is 7.39. The van der Waals surface area contributed by atoms with Crippen molar-refractivity contribution in [3.8, 4) is 63.3 Å². The average Bonchev–Trinajstić information content (AvgIpc) is 1.48. The number of Topliss-reactive ketones (excluding diaryl/α,β-unsaturated/α-hetero) is 2. The Bertz CT molecular complexity index is 5540. The van der Waals surface area contributed by atoms with Crippen LogP contribution in [0.3, 0.4) is 0 Å². The Hall–Kier alpha value is -8.12. The van der Waals surface area contributed by atoms with Gasteiger partial charge in [0.15, 0.2) is 11.6 Å². The van der Waals surface area contributed by atoms with Crippen molar-refractivity contribution in [2.75, 3.05) is 0 Å². The molecule has 4 aliphatic rings. The molecule has 6 nitrogen and oxygen atoms in total. The van der Waals surface area contributed by atoms with Gasteiger partial charge in [-0.2, -0.15) is 21.0 Å². The number of hydrogen-bond donors (Lipinski definition) is 0. The first-order valence-electron chi connectivity index (χ1n) is 28.9. The maximum atomic E-state index is 14.0. The summed E-state index contributed by atoms with van der Waals surface area (Å²) in [6.07, 6.45) is 3.71. The number of nitriles is 4. The molecule has 2 aromatic carbocycles. The number of benzene rings is 2. The smallest absolute Gasteiger partial charge is 0.194 e. The SMILES string of the molecule is Cc1ccc(C2(c3ccc(C)s3)c3c(sc4cc(-c5ccc(C=C6C(=O)c7ccccc7C6=C(C#N)C#N)s5)sc34)-c3sc4c5c(sc4c32)-c2sc3cc(-c4ccc(C=C6C(=O)c7ccccc7C6=C(C#N)C#N)s4)sc3c2C5(c2ccc(C)s2)c2ccc(C)s2)s1. The van der Waals surface area contributed by atoms with Gasteiger partial charge in [-0.3, -0.25) is 9.59 Å². The molecule has 436 valence electrons. The minimum absolute atomic E-state index is 0.0698. The number of carbonyl (C=O) groups is 2. The van der Waals surface area contributed by atoms with Crippen LogP contribution in [-0.4, -0.2) is 11.6 Å². The largest absolute Gasteiger partial charge is 0.289 e. The lowest BCUT2D eigenvalue weighted by atomic mass is 9.75. The van der Waals surface area contributed by atoms with E-state index in [1.54, 1.807) is 34.8 Å². The molecule has 92 heavy (non-hydrogen) atoms. The molecule has 0 atom stereocenters. The molecule has 18 rings (SSSR count). The second-order valence-corrected chi connectivity index (χ2v) is 36.5. The van der Waals surface area contributed by atoms with Crippen LogP contribution in [0, 0.1) is 73.0 Å². The summed E-state index contributed by atoms with van der Waals surface area (Å²) in [5.74, 6) is -0.366. The van der Waals surface area contributed by atoms with E-state index < -0.39 is 10.8 Å². The molecule has 0 spiro atoms. The Morgan fingerprint density at radius 1 is 0.359 bits per heavy atom. The van der Waals surface area contributed by atoms with Crippen LogP contribution in [0.1, 0.15) is 103 Å². The van der Waals surface area contributed by atoms with Gasteiger partial charge in [-0.15, -0.1) is 136 Å². The highest BCUT2D eigenvalue weighted by Crippen LogP contribution is 2.73. The van der Waals surface area contributed by atoms with Crippen molar-refractivity contribution in [2.45, 2.75) is 38.5 Å². The molecular weight excluding hydrogens is 1360 g/mol. The molecule has 0 bridgehead atoms. The zero-order chi connectivity index (χ0) is 62.4. The summed E-state index contributed by atoms with van der Waals surface area (Å²) in [4.78, 5) is 49.9. The highest BCUT2D eigenvalue weighted by atomic mass is 32.1. The predicted molar refractivity (Wildman–Crippen MR) is 392 cm³/mol. The lowest BCUT2D eigenvalue weighted by Crippen LogP contribution is -2.26. The van der Waals surface area contributed by atoms with Crippen molar-refractivity contribution < 1.29 is 9.59 Å². The van der Waals surface area contributed by atoms with Crippen molar-refractivity contribution in [1.82, 2.24) is 0 Å². The monoisotopic (exact) mass is 1400 g/mol. The summed E-state index contributed by atoms with van der Waals surface area (Å²) in [6, 6.07) is 54.6. The Kier molecular flexibility index (Phi) is 12.7. The van der Waals surface area contributed by atoms with Gasteiger partial charge in [-0.25, -0.2) is 0 Å². The highest BCUT2D eigenvalue weighted by Gasteiger charge is 2.58. The molecule has 0 fully saturated rings. The maximum absolute atomic E-state index is 14.0. The van der Waals surface area contributed by atoms with Gasteiger partial charge in [0.05, 0.1) is 49.1 Å². The van der Waals surface area contributed by atoms with E-state index >= 15 is 0 Å². The van der Waals surface area contributed by atoms with E-state index in [9.17, 15) is 30.6 Å². The van der Waals surface area contributed by atoms with E-state index in [1.807, 2.05) is 174 Å². The topological polar surface area (TPSA) is 129 Å². The van der Waals surface area contributed by atoms with Crippen molar-refractivity contribution in [3.63, 3.8) is 0 Å². The number of ketones is 2. The van der Waals surface area contributed by atoms with Crippen LogP contribution >= 0.6 is 136 Å². The normalized spacial score (nSPS) is 15.6. The molecule has 0 N–H and O–H groups in total. The number of fused-ring (bicyclic) bond motifs is 15. The Morgan fingerprint density at radius 2 is 0.696 bits per heavy atom. The number of hydrogen-bond acceptors (Lipinski definition) is 18. The van der Waals surface area contributed by atoms with Crippen LogP contribution in [0.25, 0.3) is 90.5 Å². The zero-order valence-corrected chi connectivity index (χ0v) is 58.2. The molecule has 0 radical (unpaired) electrons. The van der Waals surface area contributed by atoms with E-state index in [4.69, 9.17) is 0 Å². The average molecular weight is 1400 g/mol. The summed E-state index contributed by atoms with van der Waals surface area (Å²) in [5, 5.41) is 40.2. The molecule has 0 saturated heterocycles. The first kappa shape index (κ1) is 56.6. The van der Waals surface area contributed by atoms with Gasteiger partial charge in [0.1, 0.15) is 35.4 Å². The Balaban J connectivity index is 0.817. The summed E-state index contributed by atoms with van der Waals surface area (Å²) in [6.45, 7) is 8.92. The lowest BCUT2D eigenvalue weighted by molar-refractivity contribution is 0.103. The second-order valence-electron chi connectivity index (χ2n) is 22.8. The molecule has 0 saturated carbocycles. The Labute approximate surface area is 574 Å². The number of thiophene rings is 12. The first-order valence-corrected chi connectivity index (χ1v) is 38.7. The van der Waals surface area contributed by atoms with E-state index in [1.165, 1.54) is 109 Å². The zero-order valence-electron chi connectivity index (χ0n) is 48.4. The fourth-order valence-electron chi connectivity index (χ4n) is 14.1. The second kappa shape index (κ2) is 20.7.